The van der Waals surface area contributed by atoms with Crippen molar-refractivity contribution in [2.75, 3.05) is 19.7 Å². The maximum atomic E-state index is 14.1. The van der Waals surface area contributed by atoms with Gasteiger partial charge in [-0.1, -0.05) is 59.7 Å². The minimum atomic E-state index is -1.62. The topological polar surface area (TPSA) is 341 Å². The van der Waals surface area contributed by atoms with Crippen molar-refractivity contribution in [3.8, 4) is 0 Å². The molecule has 9 atom stereocenters. The number of likely N-dealkylation sites (tertiary alicyclic amines) is 1. The van der Waals surface area contributed by atoms with Crippen molar-refractivity contribution >= 4 is 58.2 Å². The first-order valence-corrected chi connectivity index (χ1v) is 23.7. The van der Waals surface area contributed by atoms with E-state index in [9.17, 15) is 53.7 Å². The van der Waals surface area contributed by atoms with Crippen molar-refractivity contribution < 1.29 is 53.7 Å². The first-order chi connectivity index (χ1) is 32.1. The highest BCUT2D eigenvalue weighted by atomic mass is 16.4. The van der Waals surface area contributed by atoms with Gasteiger partial charge >= 0.3 is 5.97 Å². The van der Waals surface area contributed by atoms with Crippen molar-refractivity contribution in [2.45, 2.75) is 161 Å². The van der Waals surface area contributed by atoms with E-state index in [2.05, 4.69) is 36.9 Å². The van der Waals surface area contributed by atoms with Gasteiger partial charge in [0.05, 0.1) is 12.7 Å². The molecule has 1 aromatic heterocycles. The molecule has 7 amide bonds. The molecule has 68 heavy (non-hydrogen) atoms. The number of benzene rings is 1. The molecule has 0 radical (unpaired) electrons. The molecule has 0 aliphatic carbocycles. The van der Waals surface area contributed by atoms with Gasteiger partial charge in [-0.05, 0) is 94.2 Å². The fraction of sp³-hybridized carbons (Fsp3) is 0.660. The third-order valence-electron chi connectivity index (χ3n) is 11.8. The molecule has 380 valence electrons. The number of hydrogen-bond donors (Lipinski definition) is 12. The van der Waals surface area contributed by atoms with Gasteiger partial charge in [-0.25, -0.2) is 4.79 Å². The largest absolute Gasteiger partial charge is 0.480 e. The number of carbonyl (C=O) groups excluding carboxylic acids is 7. The highest BCUT2D eigenvalue weighted by Gasteiger charge is 2.40. The van der Waals surface area contributed by atoms with Gasteiger partial charge in [0.1, 0.15) is 48.3 Å². The Kier molecular flexibility index (Phi) is 22.8. The van der Waals surface area contributed by atoms with Crippen LogP contribution in [0.15, 0.2) is 30.5 Å². The number of carboxylic acids is 1. The van der Waals surface area contributed by atoms with E-state index in [4.69, 9.17) is 11.5 Å². The Morgan fingerprint density at radius 2 is 1.21 bits per heavy atom. The number of aliphatic hydroxyl groups excluding tert-OH is 2. The number of nitrogens with one attached hydrogen (secondary N) is 7. The number of fused-ring (bicyclic) bond motifs is 1. The van der Waals surface area contributed by atoms with Crippen LogP contribution < -0.4 is 43.4 Å². The second-order valence-corrected chi connectivity index (χ2v) is 19.1. The number of aromatic amines is 1. The fourth-order valence-electron chi connectivity index (χ4n) is 8.11. The van der Waals surface area contributed by atoms with Gasteiger partial charge in [0.15, 0.2) is 0 Å². The van der Waals surface area contributed by atoms with Gasteiger partial charge in [0.25, 0.3) is 0 Å². The molecule has 14 N–H and O–H groups in total. The third-order valence-corrected chi connectivity index (χ3v) is 11.8. The summed E-state index contributed by atoms with van der Waals surface area (Å²) in [4.78, 5) is 113. The first kappa shape index (κ1) is 56.7. The molecule has 2 heterocycles. The van der Waals surface area contributed by atoms with Crippen molar-refractivity contribution in [1.82, 2.24) is 41.8 Å². The number of aliphatic carboxylic acids is 1. The van der Waals surface area contributed by atoms with Gasteiger partial charge in [0, 0.05) is 30.1 Å². The molecule has 9 unspecified atom stereocenters. The summed E-state index contributed by atoms with van der Waals surface area (Å²) in [5.41, 5.74) is 13.0. The van der Waals surface area contributed by atoms with E-state index in [1.165, 1.54) is 11.8 Å². The van der Waals surface area contributed by atoms with Crippen LogP contribution in [0.1, 0.15) is 105 Å². The Hall–Kier alpha value is -5.64. The lowest BCUT2D eigenvalue weighted by Gasteiger charge is -2.30. The maximum Gasteiger partial charge on any atom is 0.326 e. The lowest BCUT2D eigenvalue weighted by atomic mass is 9.99. The zero-order valence-corrected chi connectivity index (χ0v) is 40.5. The lowest BCUT2D eigenvalue weighted by molar-refractivity contribution is -0.143. The van der Waals surface area contributed by atoms with Gasteiger partial charge in [-0.2, -0.15) is 0 Å². The molecular formula is C47H76N10O11. The van der Waals surface area contributed by atoms with Crippen LogP contribution in [-0.2, 0) is 44.8 Å². The number of aromatic nitrogens is 1. The maximum absolute atomic E-state index is 14.1. The predicted molar refractivity (Wildman–Crippen MR) is 254 cm³/mol. The highest BCUT2D eigenvalue weighted by molar-refractivity contribution is 5.98. The van der Waals surface area contributed by atoms with Gasteiger partial charge in [0.2, 0.25) is 41.4 Å². The summed E-state index contributed by atoms with van der Waals surface area (Å²) in [6, 6.07) is -2.73. The summed E-state index contributed by atoms with van der Waals surface area (Å²) in [7, 11) is 0. The van der Waals surface area contributed by atoms with Crippen LogP contribution in [0.4, 0.5) is 0 Å². The number of unbranched alkanes of at least 4 members (excludes halogenated alkanes) is 1. The molecule has 21 nitrogen and oxygen atoms in total. The summed E-state index contributed by atoms with van der Waals surface area (Å²) in [6.07, 6.45) is 2.57. The van der Waals surface area contributed by atoms with Crippen molar-refractivity contribution in [1.29, 1.82) is 0 Å². The molecule has 1 saturated heterocycles. The van der Waals surface area contributed by atoms with Gasteiger partial charge in [-0.15, -0.1) is 0 Å². The number of carbonyl (C=O) groups is 8. The van der Waals surface area contributed by atoms with Gasteiger partial charge < -0.3 is 68.6 Å². The molecular weight excluding hydrogens is 881 g/mol. The predicted octanol–water partition coefficient (Wildman–Crippen LogP) is -0.337. The number of rotatable bonds is 28. The quantitative estimate of drug-likeness (QED) is 0.0487. The fourth-order valence-corrected chi connectivity index (χ4v) is 8.11. The van der Waals surface area contributed by atoms with Crippen molar-refractivity contribution in [3.05, 3.63) is 36.0 Å². The summed E-state index contributed by atoms with van der Waals surface area (Å²) in [5, 5.41) is 46.8. The van der Waals surface area contributed by atoms with Crippen LogP contribution in [0.25, 0.3) is 10.9 Å². The molecule has 1 aliphatic rings. The zero-order valence-electron chi connectivity index (χ0n) is 40.5. The average molecular weight is 957 g/mol. The second kappa shape index (κ2) is 27.4. The van der Waals surface area contributed by atoms with Crippen LogP contribution in [-0.4, -0.2) is 147 Å². The van der Waals surface area contributed by atoms with E-state index in [1.54, 1.807) is 26.1 Å². The molecule has 0 spiro atoms. The molecule has 3 rings (SSSR count). The minimum Gasteiger partial charge on any atom is -0.480 e. The Morgan fingerprint density at radius 1 is 0.706 bits per heavy atom. The Bertz CT molecular complexity index is 2020. The Morgan fingerprint density at radius 3 is 1.78 bits per heavy atom. The standard InChI is InChI=1S/C47H76N10O11/c1-25(2)19-33(52-42(62)34(20-26(3)4)54-45(65)38-16-12-18-57(38)46(66)39(49)28(7)59)41(61)51-32(15-10-11-17-48)40(60)56-37(24-58)44(64)53-35(43(63)55-36(47(67)68)21-27(5)6)22-29-23-50-31-14-9-8-13-30(29)31/h8-9,13-14,23,25-28,32-39,50,58-59H,10-12,15-22,24,48-49H2,1-7H3,(H,51,61)(H,52,62)(H,53,64)(H,54,65)(H,55,63)(H,56,60)(H,67,68). The first-order valence-electron chi connectivity index (χ1n) is 23.7. The zero-order chi connectivity index (χ0) is 50.8. The molecule has 1 aliphatic heterocycles. The highest BCUT2D eigenvalue weighted by Crippen LogP contribution is 2.21. The smallest absolute Gasteiger partial charge is 0.326 e. The summed E-state index contributed by atoms with van der Waals surface area (Å²) >= 11 is 0. The monoisotopic (exact) mass is 957 g/mol. The van der Waals surface area contributed by atoms with E-state index in [1.807, 2.05) is 45.9 Å². The van der Waals surface area contributed by atoms with Gasteiger partial charge in [-0.3, -0.25) is 33.6 Å². The number of nitrogens with two attached hydrogens (primary N) is 2. The summed E-state index contributed by atoms with van der Waals surface area (Å²) in [6.45, 7) is 12.0. The molecule has 21 heteroatoms. The number of aliphatic hydroxyl groups is 2. The molecule has 2 aromatic rings. The van der Waals surface area contributed by atoms with E-state index >= 15 is 0 Å². The summed E-state index contributed by atoms with van der Waals surface area (Å²) < 4.78 is 0. The lowest BCUT2D eigenvalue weighted by Crippen LogP contribution is -2.61. The van der Waals surface area contributed by atoms with E-state index in [0.717, 1.165) is 10.9 Å². The number of carboxylic acid groups (broad SMARTS) is 1. The van der Waals surface area contributed by atoms with Crippen LogP contribution in [0.5, 0.6) is 0 Å². The number of para-hydroxylation sites is 1. The van der Waals surface area contributed by atoms with Crippen molar-refractivity contribution in [3.63, 3.8) is 0 Å². The van der Waals surface area contributed by atoms with Crippen LogP contribution >= 0.6 is 0 Å². The van der Waals surface area contributed by atoms with E-state index in [0.29, 0.717) is 31.2 Å². The van der Waals surface area contributed by atoms with Crippen LogP contribution in [0.2, 0.25) is 0 Å². The number of hydrogen-bond acceptors (Lipinski definition) is 12. The molecule has 1 aromatic carbocycles. The molecule has 0 bridgehead atoms. The Labute approximate surface area is 398 Å². The average Bonchev–Trinajstić information content (AvgIpc) is 3.93. The second-order valence-electron chi connectivity index (χ2n) is 19.1. The van der Waals surface area contributed by atoms with E-state index in [-0.39, 0.29) is 62.9 Å². The summed E-state index contributed by atoms with van der Waals surface area (Å²) in [5.74, 6) is -6.76. The van der Waals surface area contributed by atoms with E-state index < -0.39 is 108 Å². The number of H-pyrrole nitrogens is 1. The normalized spacial score (nSPS) is 17.4. The number of nitrogens with zero attached hydrogens (tertiary/aromatic N) is 1. The van der Waals surface area contributed by atoms with Crippen LogP contribution in [0, 0.1) is 17.8 Å². The number of amides is 7. The third kappa shape index (κ3) is 17.2. The minimum absolute atomic E-state index is 0.0519. The Balaban J connectivity index is 1.83. The SMILES string of the molecule is CC(C)CC(NC(=O)C(Cc1c[nH]c2ccccc12)NC(=O)C(CO)NC(=O)C(CCCCN)NC(=O)C(CC(C)C)NC(=O)C(CC(C)C)NC(=O)C1CCCN1C(=O)C(N)C(C)O)C(=O)O. The van der Waals surface area contributed by atoms with Crippen LogP contribution in [0.3, 0.4) is 0 Å². The van der Waals surface area contributed by atoms with Crippen molar-refractivity contribution in [2.24, 2.45) is 29.2 Å². The molecule has 1 fully saturated rings. The molecule has 0 saturated carbocycles.